The number of aliphatic carboxylic acids is 1. The van der Waals surface area contributed by atoms with Crippen molar-refractivity contribution in [3.05, 3.63) is 12.2 Å². The lowest BCUT2D eigenvalue weighted by atomic mass is 10.3. The molecule has 0 aliphatic rings. The fourth-order valence-electron chi connectivity index (χ4n) is 0.480. The summed E-state index contributed by atoms with van der Waals surface area (Å²) in [6.07, 6.45) is 1.48. The van der Waals surface area contributed by atoms with Gasteiger partial charge >= 0.3 is 5.97 Å². The molecule has 13 heavy (non-hydrogen) atoms. The van der Waals surface area contributed by atoms with Crippen molar-refractivity contribution in [3.63, 3.8) is 0 Å². The molecule has 0 heterocycles. The van der Waals surface area contributed by atoms with Crippen LogP contribution in [0.4, 0.5) is 0 Å². The Bertz CT molecular complexity index is 259. The number of hydrogen-bond donors (Lipinski definition) is 3. The van der Waals surface area contributed by atoms with Crippen LogP contribution in [-0.4, -0.2) is 28.9 Å². The van der Waals surface area contributed by atoms with E-state index in [2.05, 4.69) is 5.32 Å². The van der Waals surface area contributed by atoms with Gasteiger partial charge in [-0.15, -0.1) is 0 Å². The molecule has 0 fully saturated rings. The van der Waals surface area contributed by atoms with Crippen molar-refractivity contribution in [1.82, 2.24) is 5.32 Å². The average Bonchev–Trinajstić information content (AvgIpc) is 2.00. The first-order valence-electron chi connectivity index (χ1n) is 3.44. The smallest absolute Gasteiger partial charge is 0.328 e. The monoisotopic (exact) mass is 186 g/mol. The maximum Gasteiger partial charge on any atom is 0.328 e. The van der Waals surface area contributed by atoms with Crippen LogP contribution in [-0.2, 0) is 14.4 Å². The Hall–Kier alpha value is -1.85. The molecule has 0 radical (unpaired) electrons. The van der Waals surface area contributed by atoms with Gasteiger partial charge in [-0.05, 0) is 6.92 Å². The summed E-state index contributed by atoms with van der Waals surface area (Å²) >= 11 is 0. The summed E-state index contributed by atoms with van der Waals surface area (Å²) in [6.45, 7) is 1.40. The summed E-state index contributed by atoms with van der Waals surface area (Å²) < 4.78 is 0. The molecule has 0 bridgehead atoms. The molecule has 0 rings (SSSR count). The minimum atomic E-state index is -1.23. The van der Waals surface area contributed by atoms with E-state index in [1.54, 1.807) is 0 Å². The van der Waals surface area contributed by atoms with E-state index >= 15 is 0 Å². The lowest BCUT2D eigenvalue weighted by Gasteiger charge is -2.06. The van der Waals surface area contributed by atoms with Crippen LogP contribution in [0.2, 0.25) is 0 Å². The van der Waals surface area contributed by atoms with E-state index in [4.69, 9.17) is 10.8 Å². The molecule has 1 unspecified atom stereocenters. The second-order valence-corrected chi connectivity index (χ2v) is 2.30. The van der Waals surface area contributed by atoms with E-state index in [9.17, 15) is 14.4 Å². The van der Waals surface area contributed by atoms with Gasteiger partial charge in [-0.1, -0.05) is 0 Å². The second-order valence-electron chi connectivity index (χ2n) is 2.30. The Kier molecular flexibility index (Phi) is 4.21. The highest BCUT2D eigenvalue weighted by atomic mass is 16.4. The summed E-state index contributed by atoms with van der Waals surface area (Å²) in [4.78, 5) is 31.2. The molecule has 72 valence electrons. The molecule has 0 spiro atoms. The number of amides is 2. The van der Waals surface area contributed by atoms with Gasteiger partial charge in [0.2, 0.25) is 11.8 Å². The fraction of sp³-hybridized carbons (Fsp3) is 0.286. The zero-order valence-electron chi connectivity index (χ0n) is 6.98. The molecular weight excluding hydrogens is 176 g/mol. The molecular formula is C7H10N2O4. The molecule has 0 saturated carbocycles. The number of primary amides is 1. The average molecular weight is 186 g/mol. The minimum absolute atomic E-state index is 0.670. The van der Waals surface area contributed by atoms with Crippen molar-refractivity contribution < 1.29 is 19.5 Å². The Morgan fingerprint density at radius 2 is 1.92 bits per heavy atom. The van der Waals surface area contributed by atoms with Crippen LogP contribution in [0.5, 0.6) is 0 Å². The highest BCUT2D eigenvalue weighted by Crippen LogP contribution is 1.81. The third-order valence-electron chi connectivity index (χ3n) is 1.16. The Balaban J connectivity index is 4.02. The van der Waals surface area contributed by atoms with Crippen LogP contribution in [0, 0.1) is 0 Å². The molecule has 0 saturated heterocycles. The van der Waals surface area contributed by atoms with E-state index in [0.717, 1.165) is 6.08 Å². The number of hydrogen-bond acceptors (Lipinski definition) is 3. The minimum Gasteiger partial charge on any atom is -0.478 e. The van der Waals surface area contributed by atoms with Crippen molar-refractivity contribution in [1.29, 1.82) is 0 Å². The lowest BCUT2D eigenvalue weighted by molar-refractivity contribution is -0.131. The number of nitrogens with one attached hydrogen (secondary N) is 1. The van der Waals surface area contributed by atoms with Crippen molar-refractivity contribution in [2.75, 3.05) is 0 Å². The van der Waals surface area contributed by atoms with E-state index in [-0.39, 0.29) is 0 Å². The number of carboxylic acids is 1. The van der Waals surface area contributed by atoms with Crippen LogP contribution >= 0.6 is 0 Å². The first kappa shape index (κ1) is 11.2. The van der Waals surface area contributed by atoms with Crippen molar-refractivity contribution in [2.45, 2.75) is 13.0 Å². The summed E-state index contributed by atoms with van der Waals surface area (Å²) in [5.74, 6) is -2.59. The number of nitrogens with two attached hydrogens (primary N) is 1. The molecule has 4 N–H and O–H groups in total. The highest BCUT2D eigenvalue weighted by molar-refractivity contribution is 5.96. The number of carbonyl (C=O) groups excluding carboxylic acids is 2. The molecule has 0 aromatic carbocycles. The summed E-state index contributed by atoms with van der Waals surface area (Å²) in [5, 5.41) is 10.3. The first-order chi connectivity index (χ1) is 5.93. The van der Waals surface area contributed by atoms with Gasteiger partial charge in [0, 0.05) is 12.2 Å². The molecule has 2 amide bonds. The summed E-state index contributed by atoms with van der Waals surface area (Å²) in [6, 6.07) is -0.814. The van der Waals surface area contributed by atoms with Crippen molar-refractivity contribution in [3.8, 4) is 0 Å². The zero-order chi connectivity index (χ0) is 10.4. The van der Waals surface area contributed by atoms with Gasteiger partial charge in [-0.2, -0.15) is 0 Å². The topological polar surface area (TPSA) is 109 Å². The van der Waals surface area contributed by atoms with Gasteiger partial charge in [0.1, 0.15) is 6.04 Å². The molecule has 0 aromatic rings. The van der Waals surface area contributed by atoms with Crippen LogP contribution in [0.25, 0.3) is 0 Å². The number of rotatable bonds is 4. The standard InChI is InChI=1S/C7H10N2O4/c1-4(7(8)13)9-5(10)2-3-6(11)12/h2-4H,1H3,(H2,8,13)(H,9,10)(H,11,12)/b3-2+. The lowest BCUT2D eigenvalue weighted by Crippen LogP contribution is -2.41. The summed E-state index contributed by atoms with van der Waals surface area (Å²) in [5.41, 5.74) is 4.85. The third-order valence-corrected chi connectivity index (χ3v) is 1.16. The molecule has 6 nitrogen and oxygen atoms in total. The van der Waals surface area contributed by atoms with Crippen molar-refractivity contribution in [2.24, 2.45) is 5.73 Å². The Morgan fingerprint density at radius 1 is 1.38 bits per heavy atom. The van der Waals surface area contributed by atoms with Gasteiger partial charge in [-0.3, -0.25) is 9.59 Å². The van der Waals surface area contributed by atoms with E-state index < -0.39 is 23.8 Å². The maximum atomic E-state index is 10.8. The van der Waals surface area contributed by atoms with Gasteiger partial charge in [-0.25, -0.2) is 4.79 Å². The summed E-state index contributed by atoms with van der Waals surface area (Å²) in [7, 11) is 0. The number of carbonyl (C=O) groups is 3. The molecule has 1 atom stereocenters. The van der Waals surface area contributed by atoms with E-state index in [1.807, 2.05) is 0 Å². The van der Waals surface area contributed by atoms with Gasteiger partial charge in [0.05, 0.1) is 0 Å². The van der Waals surface area contributed by atoms with Crippen LogP contribution in [0.1, 0.15) is 6.92 Å². The predicted octanol–water partition coefficient (Wildman–Crippen LogP) is -1.38. The SMILES string of the molecule is CC(NC(=O)/C=C/C(=O)O)C(N)=O. The normalized spacial score (nSPS) is 12.4. The Morgan fingerprint density at radius 3 is 2.31 bits per heavy atom. The first-order valence-corrected chi connectivity index (χ1v) is 3.44. The van der Waals surface area contributed by atoms with E-state index in [1.165, 1.54) is 6.92 Å². The van der Waals surface area contributed by atoms with E-state index in [0.29, 0.717) is 6.08 Å². The predicted molar refractivity (Wildman–Crippen MR) is 43.6 cm³/mol. The molecule has 0 aliphatic carbocycles. The van der Waals surface area contributed by atoms with Crippen LogP contribution in [0.15, 0.2) is 12.2 Å². The molecule has 0 aliphatic heterocycles. The molecule has 6 heteroatoms. The number of carboxylic acid groups (broad SMARTS) is 1. The fourth-order valence-corrected chi connectivity index (χ4v) is 0.480. The largest absolute Gasteiger partial charge is 0.478 e. The third kappa shape index (κ3) is 5.42. The van der Waals surface area contributed by atoms with Gasteiger partial charge < -0.3 is 16.2 Å². The quantitative estimate of drug-likeness (QED) is 0.470. The van der Waals surface area contributed by atoms with Crippen molar-refractivity contribution >= 4 is 17.8 Å². The highest BCUT2D eigenvalue weighted by Gasteiger charge is 2.09. The van der Waals surface area contributed by atoms with Crippen LogP contribution < -0.4 is 11.1 Å². The van der Waals surface area contributed by atoms with Gasteiger partial charge in [0.15, 0.2) is 0 Å². The molecule has 0 aromatic heterocycles. The Labute approximate surface area is 74.4 Å². The maximum absolute atomic E-state index is 10.8. The second kappa shape index (κ2) is 4.91. The van der Waals surface area contributed by atoms with Crippen LogP contribution in [0.3, 0.4) is 0 Å². The van der Waals surface area contributed by atoms with Gasteiger partial charge in [0.25, 0.3) is 0 Å². The zero-order valence-corrected chi connectivity index (χ0v) is 6.98.